The zero-order chi connectivity index (χ0) is 57.2. The number of anilines is 3. The number of rotatable bonds is 15. The van der Waals surface area contributed by atoms with Gasteiger partial charge in [0.1, 0.15) is 17.5 Å². The lowest BCUT2D eigenvalue weighted by Gasteiger charge is -2.36. The maximum absolute atomic E-state index is 13.6. The third-order valence-electron chi connectivity index (χ3n) is 15.6. The van der Waals surface area contributed by atoms with Crippen molar-refractivity contribution in [2.45, 2.75) is 107 Å². The largest absolute Gasteiger partial charge is 0.369 e. The van der Waals surface area contributed by atoms with E-state index in [9.17, 15) is 13.2 Å². The molecule has 434 valence electrons. The van der Waals surface area contributed by atoms with Crippen molar-refractivity contribution in [2.24, 2.45) is 0 Å². The highest BCUT2D eigenvalue weighted by atomic mass is 19.1. The summed E-state index contributed by atoms with van der Waals surface area (Å²) in [6, 6.07) is 41.3. The van der Waals surface area contributed by atoms with Crippen molar-refractivity contribution in [3.63, 3.8) is 0 Å². The van der Waals surface area contributed by atoms with E-state index in [1.54, 1.807) is 13.0 Å². The Labute approximate surface area is 492 Å². The molecule has 0 atom stereocenters. The Morgan fingerprint density at radius 2 is 0.610 bits per heavy atom. The number of piperazine rings is 3. The molecule has 0 spiro atoms. The molecule has 9 heteroatoms. The predicted molar refractivity (Wildman–Crippen MR) is 342 cm³/mol. The maximum Gasteiger partial charge on any atom is 0.130 e. The van der Waals surface area contributed by atoms with E-state index in [0.717, 1.165) is 87.7 Å². The van der Waals surface area contributed by atoms with Gasteiger partial charge in [-0.05, 0) is 174 Å². The average Bonchev–Trinajstić information content (AvgIpc) is 3.61. The fourth-order valence-electron chi connectivity index (χ4n) is 10.2. The lowest BCUT2D eigenvalue weighted by molar-refractivity contribution is 0.252. The highest BCUT2D eigenvalue weighted by Gasteiger charge is 2.19. The monoisotopic (exact) mass is 1110 g/mol. The summed E-state index contributed by atoms with van der Waals surface area (Å²) in [6.45, 7) is 29.1. The minimum absolute atomic E-state index is 0. The van der Waals surface area contributed by atoms with Crippen molar-refractivity contribution in [1.29, 1.82) is 0 Å². The first kappa shape index (κ1) is 64.2. The van der Waals surface area contributed by atoms with Gasteiger partial charge in [0, 0.05) is 135 Å². The van der Waals surface area contributed by atoms with Crippen LogP contribution in [0, 0.1) is 73.7 Å². The van der Waals surface area contributed by atoms with Crippen molar-refractivity contribution in [2.75, 3.05) is 113 Å². The lowest BCUT2D eigenvalue weighted by atomic mass is 10.1. The van der Waals surface area contributed by atoms with Crippen LogP contribution in [0.25, 0.3) is 0 Å². The smallest absolute Gasteiger partial charge is 0.130 e. The van der Waals surface area contributed by atoms with E-state index in [1.807, 2.05) is 18.2 Å². The van der Waals surface area contributed by atoms with Gasteiger partial charge in [0.15, 0.2) is 0 Å². The van der Waals surface area contributed by atoms with Crippen LogP contribution >= 0.6 is 0 Å². The van der Waals surface area contributed by atoms with Crippen LogP contribution in [0.2, 0.25) is 0 Å². The molecule has 0 saturated carbocycles. The Morgan fingerprint density at radius 3 is 0.927 bits per heavy atom. The van der Waals surface area contributed by atoms with E-state index in [2.05, 4.69) is 178 Å². The second kappa shape index (κ2) is 34.5. The summed E-state index contributed by atoms with van der Waals surface area (Å²) in [4.78, 5) is 15.1. The first-order valence-corrected chi connectivity index (χ1v) is 30.0. The molecule has 3 aliphatic rings. The molecule has 3 saturated heterocycles. The Hall–Kier alpha value is -6.93. The van der Waals surface area contributed by atoms with Crippen molar-refractivity contribution in [1.82, 2.24) is 14.7 Å². The lowest BCUT2D eigenvalue weighted by Crippen LogP contribution is -2.46. The van der Waals surface area contributed by atoms with E-state index in [1.165, 1.54) is 138 Å². The molecule has 3 aliphatic heterocycles. The second-order valence-electron chi connectivity index (χ2n) is 21.9. The molecule has 0 aliphatic carbocycles. The van der Waals surface area contributed by atoms with Gasteiger partial charge in [0.2, 0.25) is 0 Å². The van der Waals surface area contributed by atoms with Crippen molar-refractivity contribution in [3.8, 4) is 35.5 Å². The SMILES string of the molecule is C.CCCCCN1CCN(c2ccc(C#Cc3cc(F)c(C)c(F)c3)cc2)CC1.CCCCCN1CCN(c2ccc(C#Cc3ccc(C)c(F)c3)cc2)CC1.CCCCCN1CCN(c2ccc(C#Cc3ccc(C)cc3)cc2)CC1. The third kappa shape index (κ3) is 21.1. The molecule has 9 rings (SSSR count). The molecule has 0 unspecified atom stereocenters. The van der Waals surface area contributed by atoms with Crippen LogP contribution in [-0.4, -0.2) is 113 Å². The van der Waals surface area contributed by atoms with E-state index in [0.29, 0.717) is 16.7 Å². The summed E-state index contributed by atoms with van der Waals surface area (Å²) in [6.07, 6.45) is 11.8. The Balaban J connectivity index is 0.000000197. The van der Waals surface area contributed by atoms with Crippen LogP contribution in [0.3, 0.4) is 0 Å². The van der Waals surface area contributed by atoms with Gasteiger partial charge < -0.3 is 14.7 Å². The molecule has 3 heterocycles. The predicted octanol–water partition coefficient (Wildman–Crippen LogP) is 15.2. The van der Waals surface area contributed by atoms with Crippen molar-refractivity contribution < 1.29 is 13.2 Å². The number of hydrogen-bond donors (Lipinski definition) is 0. The van der Waals surface area contributed by atoms with E-state index in [4.69, 9.17) is 0 Å². The van der Waals surface area contributed by atoms with Crippen LogP contribution in [0.4, 0.5) is 30.2 Å². The minimum Gasteiger partial charge on any atom is -0.369 e. The number of halogens is 3. The normalized spacial score (nSPS) is 14.5. The third-order valence-corrected chi connectivity index (χ3v) is 15.6. The number of unbranched alkanes of at least 4 members (excludes halogenated alkanes) is 6. The van der Waals surface area contributed by atoms with E-state index in [-0.39, 0.29) is 18.8 Å². The van der Waals surface area contributed by atoms with Gasteiger partial charge in [-0.1, -0.05) is 126 Å². The summed E-state index contributed by atoms with van der Waals surface area (Å²) < 4.78 is 40.8. The zero-order valence-electron chi connectivity index (χ0n) is 49.4. The molecule has 6 nitrogen and oxygen atoms in total. The summed E-state index contributed by atoms with van der Waals surface area (Å²) in [5.74, 6) is 17.2. The molecule has 0 amide bonds. The molecule has 82 heavy (non-hydrogen) atoms. The average molecular weight is 1110 g/mol. The topological polar surface area (TPSA) is 19.4 Å². The summed E-state index contributed by atoms with van der Waals surface area (Å²) >= 11 is 0. The van der Waals surface area contributed by atoms with Gasteiger partial charge in [0.25, 0.3) is 0 Å². The standard InChI is InChI=1S/C24H28F2N2.C24H29FN2.C24H30N2.CH4/c1-3-4-5-12-27-13-15-28(16-14-27)22-10-8-20(9-11-22)6-7-21-17-23(25)19(2)24(26)18-21;1-3-4-5-14-26-15-17-27(18-16-26)23-12-10-21(11-13-23)8-9-22-7-6-20(2)24(25)19-22;1-3-4-5-16-25-17-19-26(20-18-25)24-14-12-23(13-15-24)11-10-22-8-6-21(2)7-9-22;/h8-11,17-18H,3-5,12-16H2,1-2H3;6-7,10-13,19H,3-5,14-18H2,1-2H3;6-9,12-15H,3-5,16-20H2,1-2H3;1H4. The Morgan fingerprint density at radius 1 is 0.329 bits per heavy atom. The van der Waals surface area contributed by atoms with Crippen LogP contribution in [-0.2, 0) is 0 Å². The molecular weight excluding hydrogens is 1020 g/mol. The number of hydrogen-bond acceptors (Lipinski definition) is 6. The molecule has 3 fully saturated rings. The van der Waals surface area contributed by atoms with Crippen molar-refractivity contribution >= 4 is 17.1 Å². The molecular formula is C73H91F3N6. The van der Waals surface area contributed by atoms with Crippen LogP contribution in [0.5, 0.6) is 0 Å². The Kier molecular flexibility index (Phi) is 27.0. The molecule has 0 N–H and O–H groups in total. The number of nitrogens with zero attached hydrogens (tertiary/aromatic N) is 6. The van der Waals surface area contributed by atoms with Crippen LogP contribution < -0.4 is 14.7 Å². The Bertz CT molecular complexity index is 3000. The van der Waals surface area contributed by atoms with E-state index < -0.39 is 11.6 Å². The summed E-state index contributed by atoms with van der Waals surface area (Å²) in [7, 11) is 0. The van der Waals surface area contributed by atoms with Gasteiger partial charge >= 0.3 is 0 Å². The first-order valence-electron chi connectivity index (χ1n) is 30.0. The molecule has 0 radical (unpaired) electrons. The van der Waals surface area contributed by atoms with E-state index >= 15 is 0 Å². The van der Waals surface area contributed by atoms with Gasteiger partial charge in [0.05, 0.1) is 0 Å². The zero-order valence-corrected chi connectivity index (χ0v) is 49.4. The summed E-state index contributed by atoms with van der Waals surface area (Å²) in [5.41, 5.74) is 10.7. The second-order valence-corrected chi connectivity index (χ2v) is 21.9. The number of aryl methyl sites for hydroxylation is 2. The highest BCUT2D eigenvalue weighted by molar-refractivity contribution is 5.55. The fourth-order valence-corrected chi connectivity index (χ4v) is 10.2. The minimum atomic E-state index is -0.562. The molecule has 0 aromatic heterocycles. The quantitative estimate of drug-likeness (QED) is 0.0749. The van der Waals surface area contributed by atoms with Crippen LogP contribution in [0.15, 0.2) is 127 Å². The first-order chi connectivity index (χ1) is 39.5. The fraction of sp³-hybridized carbons (Fsp3) is 0.425. The summed E-state index contributed by atoms with van der Waals surface area (Å²) in [5, 5.41) is 0. The molecule has 6 aromatic rings. The van der Waals surface area contributed by atoms with Gasteiger partial charge in [-0.25, -0.2) is 13.2 Å². The van der Waals surface area contributed by atoms with Crippen LogP contribution in [0.1, 0.15) is 136 Å². The van der Waals surface area contributed by atoms with Gasteiger partial charge in [-0.2, -0.15) is 0 Å². The molecule has 0 bridgehead atoms. The maximum atomic E-state index is 13.6. The number of benzene rings is 6. The highest BCUT2D eigenvalue weighted by Crippen LogP contribution is 2.22. The van der Waals surface area contributed by atoms with Crippen molar-refractivity contribution in [3.05, 3.63) is 195 Å². The van der Waals surface area contributed by atoms with Gasteiger partial charge in [-0.3, -0.25) is 14.7 Å². The molecule has 6 aromatic carbocycles. The van der Waals surface area contributed by atoms with Gasteiger partial charge in [-0.15, -0.1) is 0 Å².